The van der Waals surface area contributed by atoms with Crippen molar-refractivity contribution >= 4 is 23.1 Å². The molecule has 31 heavy (non-hydrogen) atoms. The van der Waals surface area contributed by atoms with Crippen molar-refractivity contribution in [3.8, 4) is 5.75 Å². The monoisotopic (exact) mass is 418 g/mol. The highest BCUT2D eigenvalue weighted by molar-refractivity contribution is 5.99. The molecule has 2 aromatic carbocycles. The van der Waals surface area contributed by atoms with Gasteiger partial charge in [0.15, 0.2) is 13.2 Å². The van der Waals surface area contributed by atoms with Crippen molar-refractivity contribution in [2.75, 3.05) is 18.5 Å². The van der Waals surface area contributed by atoms with Crippen molar-refractivity contribution in [1.29, 1.82) is 0 Å². The highest BCUT2D eigenvalue weighted by Crippen LogP contribution is 2.20. The van der Waals surface area contributed by atoms with Gasteiger partial charge in [0.1, 0.15) is 5.75 Å². The first-order chi connectivity index (χ1) is 15.0. The van der Waals surface area contributed by atoms with E-state index in [9.17, 15) is 9.59 Å². The molecule has 1 heterocycles. The minimum atomic E-state index is -0.597. The molecule has 6 heteroatoms. The molecule has 1 N–H and O–H groups in total. The molecule has 0 spiro atoms. The highest BCUT2D eigenvalue weighted by Gasteiger charge is 2.17. The summed E-state index contributed by atoms with van der Waals surface area (Å²) < 4.78 is 12.5. The Kier molecular flexibility index (Phi) is 7.27. The number of Topliss-reactive ketones (excluding diaryl/α,β-unsaturated/α-hetero) is 1. The lowest BCUT2D eigenvalue weighted by atomic mass is 10.1. The van der Waals surface area contributed by atoms with Crippen LogP contribution in [0.1, 0.15) is 21.7 Å². The third-order valence-corrected chi connectivity index (χ3v) is 4.82. The summed E-state index contributed by atoms with van der Waals surface area (Å²) in [5, 5.41) is 3.27. The number of anilines is 2. The fourth-order valence-corrected chi connectivity index (χ4v) is 3.22. The van der Waals surface area contributed by atoms with Gasteiger partial charge in [-0.25, -0.2) is 4.79 Å². The number of hydrogen-bond donors (Lipinski definition) is 1. The van der Waals surface area contributed by atoms with Crippen molar-refractivity contribution in [3.63, 3.8) is 0 Å². The van der Waals surface area contributed by atoms with E-state index in [0.29, 0.717) is 17.9 Å². The predicted octanol–water partition coefficient (Wildman–Crippen LogP) is 4.84. The Morgan fingerprint density at radius 1 is 1.00 bits per heavy atom. The molecule has 6 nitrogen and oxygen atoms in total. The molecule has 3 rings (SSSR count). The largest absolute Gasteiger partial charge is 0.482 e. The van der Waals surface area contributed by atoms with Crippen LogP contribution in [-0.2, 0) is 16.1 Å². The molecule has 0 aliphatic rings. The van der Waals surface area contributed by atoms with Gasteiger partial charge < -0.3 is 19.4 Å². The third-order valence-electron chi connectivity index (χ3n) is 4.82. The molecule has 0 fully saturated rings. The number of para-hydroxylation sites is 1. The normalized spacial score (nSPS) is 10.4. The van der Waals surface area contributed by atoms with Crippen LogP contribution >= 0.6 is 0 Å². The number of hydrogen-bond acceptors (Lipinski definition) is 5. The number of nitrogens with zero attached hydrogens (tertiary/aromatic N) is 1. The second-order valence-corrected chi connectivity index (χ2v) is 7.07. The van der Waals surface area contributed by atoms with Crippen LogP contribution in [0, 0.1) is 13.8 Å². The molecule has 3 aromatic rings. The molecule has 0 saturated carbocycles. The maximum Gasteiger partial charge on any atom is 0.344 e. The number of ether oxygens (including phenoxy) is 2. The van der Waals surface area contributed by atoms with Gasteiger partial charge in [-0.1, -0.05) is 24.3 Å². The molecule has 0 amide bonds. The summed E-state index contributed by atoms with van der Waals surface area (Å²) in [5.74, 6) is -0.303. The Balaban J connectivity index is 1.46. The number of allylic oxidation sites excluding steroid dienone is 1. The first-order valence-electron chi connectivity index (χ1n) is 9.99. The van der Waals surface area contributed by atoms with Crippen LogP contribution in [0.5, 0.6) is 5.75 Å². The second-order valence-electron chi connectivity index (χ2n) is 7.07. The van der Waals surface area contributed by atoms with Crippen molar-refractivity contribution in [2.45, 2.75) is 20.4 Å². The molecule has 0 aliphatic carbocycles. The minimum Gasteiger partial charge on any atom is -0.482 e. The lowest BCUT2D eigenvalue weighted by Gasteiger charge is -2.09. The molecule has 0 bridgehead atoms. The lowest BCUT2D eigenvalue weighted by Crippen LogP contribution is -2.19. The van der Waals surface area contributed by atoms with Gasteiger partial charge in [0.2, 0.25) is 5.78 Å². The SMILES string of the molecule is C=CCn1c(C)cc(C(=O)COC(=O)COc2ccc(Nc3ccccc3)cc2)c1C. The van der Waals surface area contributed by atoms with Gasteiger partial charge in [-0.3, -0.25) is 4.79 Å². The van der Waals surface area contributed by atoms with Crippen LogP contribution < -0.4 is 10.1 Å². The first-order valence-corrected chi connectivity index (χ1v) is 9.99. The van der Waals surface area contributed by atoms with Crippen LogP contribution in [0.2, 0.25) is 0 Å². The predicted molar refractivity (Wildman–Crippen MR) is 121 cm³/mol. The third kappa shape index (κ3) is 5.85. The van der Waals surface area contributed by atoms with Crippen LogP contribution in [0.15, 0.2) is 73.3 Å². The van der Waals surface area contributed by atoms with E-state index in [2.05, 4.69) is 11.9 Å². The van der Waals surface area contributed by atoms with Gasteiger partial charge in [0.05, 0.1) is 0 Å². The second kappa shape index (κ2) is 10.3. The fourth-order valence-electron chi connectivity index (χ4n) is 3.22. The number of carbonyl (C=O) groups is 2. The summed E-state index contributed by atoms with van der Waals surface area (Å²) in [4.78, 5) is 24.4. The van der Waals surface area contributed by atoms with Gasteiger partial charge in [-0.15, -0.1) is 6.58 Å². The van der Waals surface area contributed by atoms with E-state index in [1.165, 1.54) is 0 Å². The van der Waals surface area contributed by atoms with Crippen LogP contribution in [0.4, 0.5) is 11.4 Å². The number of aryl methyl sites for hydroxylation is 1. The molecule has 0 saturated heterocycles. The van der Waals surface area contributed by atoms with Crippen molar-refractivity contribution in [3.05, 3.63) is 90.3 Å². The summed E-state index contributed by atoms with van der Waals surface area (Å²) >= 11 is 0. The topological polar surface area (TPSA) is 69.6 Å². The maximum atomic E-state index is 12.4. The summed E-state index contributed by atoms with van der Waals surface area (Å²) in [6, 6.07) is 18.8. The van der Waals surface area contributed by atoms with Gasteiger partial charge in [0.25, 0.3) is 0 Å². The van der Waals surface area contributed by atoms with Crippen molar-refractivity contribution < 1.29 is 19.1 Å². The van der Waals surface area contributed by atoms with Crippen LogP contribution in [0.25, 0.3) is 0 Å². The number of benzene rings is 2. The summed E-state index contributed by atoms with van der Waals surface area (Å²) in [6.07, 6.45) is 1.77. The summed E-state index contributed by atoms with van der Waals surface area (Å²) in [5.41, 5.74) is 4.23. The smallest absolute Gasteiger partial charge is 0.344 e. The Hall–Kier alpha value is -3.80. The zero-order valence-electron chi connectivity index (χ0n) is 17.8. The molecule has 0 radical (unpaired) electrons. The Bertz CT molecular complexity index is 1050. The zero-order chi connectivity index (χ0) is 22.2. The first kappa shape index (κ1) is 21.9. The van der Waals surface area contributed by atoms with Crippen molar-refractivity contribution in [1.82, 2.24) is 4.57 Å². The molecular weight excluding hydrogens is 392 g/mol. The summed E-state index contributed by atoms with van der Waals surface area (Å²) in [7, 11) is 0. The number of ketones is 1. The quantitative estimate of drug-likeness (QED) is 0.290. The highest BCUT2D eigenvalue weighted by atomic mass is 16.6. The number of aromatic nitrogens is 1. The Morgan fingerprint density at radius 3 is 2.35 bits per heavy atom. The van der Waals surface area contributed by atoms with E-state index in [1.54, 1.807) is 24.3 Å². The summed E-state index contributed by atoms with van der Waals surface area (Å²) in [6.45, 7) is 7.55. The minimum absolute atomic E-state index is 0.242. The molecular formula is C25H26N2O4. The number of nitrogens with one attached hydrogen (secondary N) is 1. The van der Waals surface area contributed by atoms with Gasteiger partial charge >= 0.3 is 5.97 Å². The standard InChI is InChI=1S/C25H26N2O4/c1-4-14-27-18(2)15-23(19(27)3)24(28)16-31-25(29)17-30-22-12-10-21(11-13-22)26-20-8-6-5-7-9-20/h4-13,15,26H,1,14,16-17H2,2-3H3. The molecule has 160 valence electrons. The van der Waals surface area contributed by atoms with E-state index in [0.717, 1.165) is 22.8 Å². The number of esters is 1. The fraction of sp³-hybridized carbons (Fsp3) is 0.200. The van der Waals surface area contributed by atoms with Crippen LogP contribution in [0.3, 0.4) is 0 Å². The van der Waals surface area contributed by atoms with Crippen molar-refractivity contribution in [2.24, 2.45) is 0 Å². The van der Waals surface area contributed by atoms with Crippen LogP contribution in [-0.4, -0.2) is 29.5 Å². The van der Waals surface area contributed by atoms with Gasteiger partial charge in [-0.05, 0) is 56.3 Å². The number of carbonyl (C=O) groups excluding carboxylic acids is 2. The van der Waals surface area contributed by atoms with Gasteiger partial charge in [-0.2, -0.15) is 0 Å². The molecule has 0 unspecified atom stereocenters. The van der Waals surface area contributed by atoms with E-state index in [-0.39, 0.29) is 19.0 Å². The lowest BCUT2D eigenvalue weighted by molar-refractivity contribution is -0.144. The average molecular weight is 418 g/mol. The Labute approximate surface area is 182 Å². The van der Waals surface area contributed by atoms with E-state index in [4.69, 9.17) is 9.47 Å². The zero-order valence-corrected chi connectivity index (χ0v) is 17.8. The Morgan fingerprint density at radius 2 is 1.68 bits per heavy atom. The number of rotatable bonds is 10. The van der Waals surface area contributed by atoms with E-state index >= 15 is 0 Å². The average Bonchev–Trinajstić information content (AvgIpc) is 3.06. The van der Waals surface area contributed by atoms with Gasteiger partial charge in [0, 0.05) is 34.9 Å². The molecule has 0 aliphatic heterocycles. The van der Waals surface area contributed by atoms with E-state index < -0.39 is 5.97 Å². The maximum absolute atomic E-state index is 12.4. The van der Waals surface area contributed by atoms with E-state index in [1.807, 2.05) is 60.9 Å². The molecule has 1 aromatic heterocycles. The molecule has 0 atom stereocenters.